The second-order valence-electron chi connectivity index (χ2n) is 9.25. The molecule has 0 bridgehead atoms. The number of aryl methyl sites for hydroxylation is 1. The zero-order chi connectivity index (χ0) is 26.8. The largest absolute Gasteiger partial charge is 0.496 e. The number of anilines is 2. The lowest BCUT2D eigenvalue weighted by atomic mass is 10.1. The van der Waals surface area contributed by atoms with Gasteiger partial charge < -0.3 is 39.9 Å². The molecule has 0 amide bonds. The Morgan fingerprint density at radius 3 is 2.92 bits per heavy atom. The molecule has 5 N–H and O–H groups in total. The summed E-state index contributed by atoms with van der Waals surface area (Å²) in [5.74, 6) is 1.11. The van der Waals surface area contributed by atoms with Gasteiger partial charge in [0.15, 0.2) is 0 Å². The summed E-state index contributed by atoms with van der Waals surface area (Å²) < 4.78 is 11.6. The number of fused-ring (bicyclic) bond motifs is 1. The van der Waals surface area contributed by atoms with Gasteiger partial charge in [-0.2, -0.15) is 0 Å². The Kier molecular flexibility index (Phi) is 7.70. The van der Waals surface area contributed by atoms with Crippen LogP contribution < -0.4 is 20.5 Å². The van der Waals surface area contributed by atoms with Crippen LogP contribution in [0.15, 0.2) is 51.9 Å². The van der Waals surface area contributed by atoms with Crippen molar-refractivity contribution in [1.82, 2.24) is 15.0 Å². The predicted octanol–water partition coefficient (Wildman–Crippen LogP) is 3.34. The average molecular weight is 584 g/mol. The highest BCUT2D eigenvalue weighted by Crippen LogP contribution is 2.31. The lowest BCUT2D eigenvalue weighted by Crippen LogP contribution is -2.44. The third-order valence-corrected chi connectivity index (χ3v) is 7.33. The lowest BCUT2D eigenvalue weighted by Gasteiger charge is -2.33. The number of methoxy groups -OCH3 is 1. The molecule has 2 aromatic carbocycles. The first-order valence-electron chi connectivity index (χ1n) is 12.3. The maximum Gasteiger partial charge on any atom is 0.261 e. The van der Waals surface area contributed by atoms with Crippen molar-refractivity contribution in [1.29, 1.82) is 0 Å². The second kappa shape index (κ2) is 11.2. The highest BCUT2D eigenvalue weighted by Gasteiger charge is 2.22. The van der Waals surface area contributed by atoms with E-state index in [0.29, 0.717) is 41.5 Å². The number of imidazole rings is 1. The van der Waals surface area contributed by atoms with Gasteiger partial charge in [0.05, 0.1) is 53.7 Å². The van der Waals surface area contributed by atoms with Gasteiger partial charge in [-0.25, -0.2) is 4.98 Å². The van der Waals surface area contributed by atoms with Crippen LogP contribution >= 0.6 is 15.9 Å². The van der Waals surface area contributed by atoms with Crippen LogP contribution in [0, 0.1) is 6.92 Å². The summed E-state index contributed by atoms with van der Waals surface area (Å²) in [5.41, 5.74) is 4.86. The lowest BCUT2D eigenvalue weighted by molar-refractivity contribution is 0.00357. The van der Waals surface area contributed by atoms with Gasteiger partial charge in [0.1, 0.15) is 17.1 Å². The standard InChI is InChI=1S/C27H30BrN5O5/c1-15-9-17(33-7-8-38-18(13-33)14-34)11-21-25(15)32-26(31-21)24-20(5-6-29-27(24)36)30-12-22(35)16-3-4-23(37-2)19(28)10-16/h3-6,9-11,18,22,34-35H,7-8,12-14H2,1-2H3,(H,31,32)(H2,29,30,36)/t18-,22-/m1/s1. The molecular formula is C27H30BrN5O5. The maximum absolute atomic E-state index is 12.9. The molecule has 0 saturated carbocycles. The minimum atomic E-state index is -0.818. The van der Waals surface area contributed by atoms with Gasteiger partial charge in [0.25, 0.3) is 5.56 Å². The molecule has 1 aliphatic heterocycles. The van der Waals surface area contributed by atoms with Crippen molar-refractivity contribution in [3.8, 4) is 17.1 Å². The molecule has 2 atom stereocenters. The fourth-order valence-corrected chi connectivity index (χ4v) is 5.27. The first-order chi connectivity index (χ1) is 18.4. The van der Waals surface area contributed by atoms with Gasteiger partial charge in [-0.15, -0.1) is 0 Å². The maximum atomic E-state index is 12.9. The van der Waals surface area contributed by atoms with Crippen molar-refractivity contribution in [2.75, 3.05) is 50.2 Å². The van der Waals surface area contributed by atoms with Crippen LogP contribution in [0.2, 0.25) is 0 Å². The molecule has 11 heteroatoms. The number of aromatic amines is 2. The summed E-state index contributed by atoms with van der Waals surface area (Å²) in [7, 11) is 1.59. The molecular weight excluding hydrogens is 554 g/mol. The highest BCUT2D eigenvalue weighted by molar-refractivity contribution is 9.10. The Balaban J connectivity index is 1.42. The number of H-pyrrole nitrogens is 2. The van der Waals surface area contributed by atoms with Crippen LogP contribution in [-0.2, 0) is 4.74 Å². The summed E-state index contributed by atoms with van der Waals surface area (Å²) in [6.07, 6.45) is 0.524. The van der Waals surface area contributed by atoms with Crippen LogP contribution in [0.5, 0.6) is 5.75 Å². The quantitative estimate of drug-likeness (QED) is 0.213. The van der Waals surface area contributed by atoms with Gasteiger partial charge in [0.2, 0.25) is 0 Å². The van der Waals surface area contributed by atoms with Gasteiger partial charge in [-0.05, 0) is 64.3 Å². The number of nitrogens with zero attached hydrogens (tertiary/aromatic N) is 2. The Bertz CT molecular complexity index is 1500. The molecule has 1 aliphatic rings. The number of pyridine rings is 1. The summed E-state index contributed by atoms with van der Waals surface area (Å²) in [6, 6.07) is 11.2. The van der Waals surface area contributed by atoms with Crippen molar-refractivity contribution in [3.05, 3.63) is 68.5 Å². The number of halogens is 1. The minimum absolute atomic E-state index is 0.0249. The number of aromatic nitrogens is 3. The Hall–Kier alpha value is -3.38. The Labute approximate surface area is 227 Å². The fourth-order valence-electron chi connectivity index (χ4n) is 4.71. The number of hydrogen-bond acceptors (Lipinski definition) is 8. The van der Waals surface area contributed by atoms with E-state index in [1.807, 2.05) is 13.0 Å². The molecule has 1 fully saturated rings. The molecule has 2 aromatic heterocycles. The molecule has 5 rings (SSSR count). The van der Waals surface area contributed by atoms with Crippen LogP contribution in [0.4, 0.5) is 11.4 Å². The number of aliphatic hydroxyl groups is 2. The molecule has 4 aromatic rings. The molecule has 10 nitrogen and oxygen atoms in total. The summed E-state index contributed by atoms with van der Waals surface area (Å²) in [5, 5.41) is 23.5. The summed E-state index contributed by atoms with van der Waals surface area (Å²) in [6.45, 7) is 4.01. The first kappa shape index (κ1) is 26.2. The van der Waals surface area contributed by atoms with E-state index in [1.165, 1.54) is 0 Å². The van der Waals surface area contributed by atoms with Crippen molar-refractivity contribution < 1.29 is 19.7 Å². The van der Waals surface area contributed by atoms with Crippen molar-refractivity contribution in [2.24, 2.45) is 0 Å². The number of ether oxygens (including phenoxy) is 2. The molecule has 3 heterocycles. The van der Waals surface area contributed by atoms with E-state index in [2.05, 4.69) is 42.2 Å². The Morgan fingerprint density at radius 2 is 2.16 bits per heavy atom. The highest BCUT2D eigenvalue weighted by atomic mass is 79.9. The third kappa shape index (κ3) is 5.28. The van der Waals surface area contributed by atoms with E-state index in [0.717, 1.165) is 33.3 Å². The van der Waals surface area contributed by atoms with Crippen LogP contribution in [0.25, 0.3) is 22.4 Å². The van der Waals surface area contributed by atoms with Crippen molar-refractivity contribution >= 4 is 38.3 Å². The first-order valence-corrected chi connectivity index (χ1v) is 13.1. The zero-order valence-electron chi connectivity index (χ0n) is 21.1. The van der Waals surface area contributed by atoms with Crippen LogP contribution in [0.1, 0.15) is 17.2 Å². The van der Waals surface area contributed by atoms with E-state index in [9.17, 15) is 15.0 Å². The molecule has 1 saturated heterocycles. The smallest absolute Gasteiger partial charge is 0.261 e. The zero-order valence-corrected chi connectivity index (χ0v) is 22.7. The van der Waals surface area contributed by atoms with E-state index in [-0.39, 0.29) is 24.8 Å². The third-order valence-electron chi connectivity index (χ3n) is 6.71. The number of nitrogens with one attached hydrogen (secondary N) is 3. The molecule has 0 radical (unpaired) electrons. The molecule has 200 valence electrons. The molecule has 0 aliphatic carbocycles. The fraction of sp³-hybridized carbons (Fsp3) is 0.333. The van der Waals surface area contributed by atoms with Gasteiger partial charge >= 0.3 is 0 Å². The topological polar surface area (TPSA) is 136 Å². The summed E-state index contributed by atoms with van der Waals surface area (Å²) >= 11 is 3.45. The van der Waals surface area contributed by atoms with Crippen LogP contribution in [0.3, 0.4) is 0 Å². The Morgan fingerprint density at radius 1 is 1.32 bits per heavy atom. The van der Waals surface area contributed by atoms with E-state index in [4.69, 9.17) is 14.5 Å². The minimum Gasteiger partial charge on any atom is -0.496 e. The number of morpholine rings is 1. The molecule has 38 heavy (non-hydrogen) atoms. The van der Waals surface area contributed by atoms with Gasteiger partial charge in [-0.3, -0.25) is 4.79 Å². The number of benzene rings is 2. The van der Waals surface area contributed by atoms with Gasteiger partial charge in [0, 0.05) is 31.5 Å². The number of aliphatic hydroxyl groups excluding tert-OH is 2. The second-order valence-corrected chi connectivity index (χ2v) is 10.1. The monoisotopic (exact) mass is 583 g/mol. The van der Waals surface area contributed by atoms with Crippen molar-refractivity contribution in [3.63, 3.8) is 0 Å². The number of rotatable bonds is 8. The molecule has 0 spiro atoms. The van der Waals surface area contributed by atoms with E-state index < -0.39 is 6.10 Å². The van der Waals surface area contributed by atoms with Crippen molar-refractivity contribution in [2.45, 2.75) is 19.1 Å². The van der Waals surface area contributed by atoms with E-state index >= 15 is 0 Å². The van der Waals surface area contributed by atoms with Crippen LogP contribution in [-0.4, -0.2) is 71.2 Å². The number of hydrogen-bond donors (Lipinski definition) is 5. The van der Waals surface area contributed by atoms with Gasteiger partial charge in [-0.1, -0.05) is 6.07 Å². The summed E-state index contributed by atoms with van der Waals surface area (Å²) in [4.78, 5) is 25.9. The molecule has 0 unspecified atom stereocenters. The average Bonchev–Trinajstić information content (AvgIpc) is 3.36. The normalized spacial score (nSPS) is 16.6. The SMILES string of the molecule is COc1ccc([C@H](O)CNc2cc[nH]c(=O)c2-c2nc3c(C)cc(N4CCO[C@@H](CO)C4)cc3[nH]2)cc1Br. The predicted molar refractivity (Wildman–Crippen MR) is 150 cm³/mol. The van der Waals surface area contributed by atoms with E-state index in [1.54, 1.807) is 37.6 Å².